The van der Waals surface area contributed by atoms with E-state index < -0.39 is 0 Å². The largest absolute Gasteiger partial charge is 0.330 e. The van der Waals surface area contributed by atoms with E-state index in [1.165, 1.54) is 0 Å². The second kappa shape index (κ2) is 10.5. The Kier molecular flexibility index (Phi) is 8.66. The lowest BCUT2D eigenvalue weighted by atomic mass is 10.0. The molecule has 0 unspecified atom stereocenters. The summed E-state index contributed by atoms with van der Waals surface area (Å²) in [5.41, 5.74) is 10.4. The highest BCUT2D eigenvalue weighted by Crippen LogP contribution is 2.14. The minimum absolute atomic E-state index is 0.0197. The Morgan fingerprint density at radius 3 is 2.87 bits per heavy atom. The second-order valence-corrected chi connectivity index (χ2v) is 5.33. The molecule has 124 valence electrons. The lowest BCUT2D eigenvalue weighted by Crippen LogP contribution is -2.39. The highest BCUT2D eigenvalue weighted by molar-refractivity contribution is 5.79. The molecule has 0 atom stereocenters. The van der Waals surface area contributed by atoms with E-state index in [1.807, 2.05) is 13.0 Å². The Hall–Kier alpha value is -2.16. The van der Waals surface area contributed by atoms with Crippen molar-refractivity contribution in [1.82, 2.24) is 10.4 Å². The Bertz CT molecular complexity index is 588. The van der Waals surface area contributed by atoms with Gasteiger partial charge in [0, 0.05) is 44.1 Å². The zero-order valence-electron chi connectivity index (χ0n) is 13.9. The number of nitrogens with zero attached hydrogens (tertiary/aromatic N) is 1. The number of carbonyl (C=O) groups excluding carboxylic acids is 2. The number of aldehydes is 1. The molecule has 23 heavy (non-hydrogen) atoms. The molecule has 0 heterocycles. The van der Waals surface area contributed by atoms with E-state index in [0.717, 1.165) is 30.3 Å². The number of benzene rings is 1. The van der Waals surface area contributed by atoms with Crippen LogP contribution in [0.5, 0.6) is 0 Å². The molecule has 0 aliphatic rings. The number of unbranched alkanes of at least 4 members (excludes halogenated alkanes) is 1. The number of hydrogen-bond donors (Lipinski definition) is 2. The van der Waals surface area contributed by atoms with Gasteiger partial charge in [0.1, 0.15) is 6.29 Å². The molecule has 1 rings (SSSR count). The molecule has 0 aromatic heterocycles. The van der Waals surface area contributed by atoms with E-state index in [0.29, 0.717) is 31.5 Å². The summed E-state index contributed by atoms with van der Waals surface area (Å²) in [4.78, 5) is 23.1. The average molecular weight is 315 g/mol. The van der Waals surface area contributed by atoms with Gasteiger partial charge in [0.05, 0.1) is 0 Å². The lowest BCUT2D eigenvalue weighted by molar-refractivity contribution is -0.125. The van der Waals surface area contributed by atoms with Crippen molar-refractivity contribution in [2.45, 2.75) is 39.2 Å². The van der Waals surface area contributed by atoms with Crippen molar-refractivity contribution in [3.05, 3.63) is 34.9 Å². The van der Waals surface area contributed by atoms with Gasteiger partial charge in [-0.25, -0.2) is 5.01 Å². The molecule has 0 aliphatic carbocycles. The number of carbonyl (C=O) groups is 2. The Morgan fingerprint density at radius 1 is 1.43 bits per heavy atom. The van der Waals surface area contributed by atoms with E-state index in [2.05, 4.69) is 17.3 Å². The third-order valence-electron chi connectivity index (χ3n) is 3.30. The molecule has 0 aliphatic heterocycles. The van der Waals surface area contributed by atoms with Gasteiger partial charge in [-0.15, -0.1) is 0 Å². The molecule has 1 aromatic carbocycles. The first-order chi connectivity index (χ1) is 11.1. The number of nitrogens with one attached hydrogen (secondary N) is 1. The molecular weight excluding hydrogens is 290 g/mol. The van der Waals surface area contributed by atoms with Crippen LogP contribution in [-0.2, 0) is 11.3 Å². The minimum Gasteiger partial charge on any atom is -0.330 e. The molecule has 3 N–H and O–H groups in total. The van der Waals surface area contributed by atoms with Crippen molar-refractivity contribution in [3.8, 4) is 11.8 Å². The SMILES string of the molecule is CCCCC(=O)NN(C)Cc1c(C#CCCN)cccc1C=O. The predicted molar refractivity (Wildman–Crippen MR) is 91.5 cm³/mol. The summed E-state index contributed by atoms with van der Waals surface area (Å²) in [5.74, 6) is 6.02. The normalized spacial score (nSPS) is 10.1. The molecule has 5 heteroatoms. The van der Waals surface area contributed by atoms with Crippen LogP contribution in [0.25, 0.3) is 0 Å². The van der Waals surface area contributed by atoms with E-state index in [-0.39, 0.29) is 5.91 Å². The maximum absolute atomic E-state index is 11.8. The average Bonchev–Trinajstić information content (AvgIpc) is 2.54. The smallest absolute Gasteiger partial charge is 0.234 e. The minimum atomic E-state index is -0.0197. The third kappa shape index (κ3) is 6.64. The van der Waals surface area contributed by atoms with Crippen molar-refractivity contribution in [1.29, 1.82) is 0 Å². The topological polar surface area (TPSA) is 75.4 Å². The van der Waals surface area contributed by atoms with Gasteiger partial charge in [-0.3, -0.25) is 15.0 Å². The standard InChI is InChI=1S/C18H25N3O2/c1-3-4-11-18(23)20-21(2)13-17-15(8-5-6-12-19)9-7-10-16(17)14-22/h7,9-10,14H,3-4,6,11-13,19H2,1-2H3,(H,20,23). The Balaban J connectivity index is 2.86. The zero-order valence-corrected chi connectivity index (χ0v) is 13.9. The number of nitrogens with two attached hydrogens (primary N) is 1. The molecule has 1 amide bonds. The van der Waals surface area contributed by atoms with Crippen molar-refractivity contribution in [2.24, 2.45) is 5.73 Å². The van der Waals surface area contributed by atoms with Gasteiger partial charge in [-0.2, -0.15) is 0 Å². The van der Waals surface area contributed by atoms with Crippen molar-refractivity contribution in [2.75, 3.05) is 13.6 Å². The monoisotopic (exact) mass is 315 g/mol. The van der Waals surface area contributed by atoms with Crippen molar-refractivity contribution in [3.63, 3.8) is 0 Å². The Morgan fingerprint density at radius 2 is 2.22 bits per heavy atom. The van der Waals surface area contributed by atoms with Gasteiger partial charge in [0.2, 0.25) is 5.91 Å². The lowest BCUT2D eigenvalue weighted by Gasteiger charge is -2.20. The van der Waals surface area contributed by atoms with Crippen LogP contribution in [0.1, 0.15) is 54.1 Å². The Labute approximate surface area is 138 Å². The van der Waals surface area contributed by atoms with Gasteiger partial charge < -0.3 is 5.73 Å². The fourth-order valence-electron chi connectivity index (χ4n) is 2.12. The summed E-state index contributed by atoms with van der Waals surface area (Å²) >= 11 is 0. The van der Waals surface area contributed by atoms with Crippen LogP contribution in [0.15, 0.2) is 18.2 Å². The molecule has 0 spiro atoms. The summed E-state index contributed by atoms with van der Waals surface area (Å²) in [6.07, 6.45) is 3.76. The number of rotatable bonds is 8. The molecular formula is C18H25N3O2. The van der Waals surface area contributed by atoms with Crippen LogP contribution in [-0.4, -0.2) is 30.8 Å². The van der Waals surface area contributed by atoms with Gasteiger partial charge in [-0.05, 0) is 18.1 Å². The fourth-order valence-corrected chi connectivity index (χ4v) is 2.12. The number of hydrogen-bond acceptors (Lipinski definition) is 4. The number of amides is 1. The predicted octanol–water partition coefficient (Wildman–Crippen LogP) is 1.85. The summed E-state index contributed by atoms with van der Waals surface area (Å²) in [6, 6.07) is 5.43. The van der Waals surface area contributed by atoms with E-state index in [4.69, 9.17) is 5.73 Å². The molecule has 1 aromatic rings. The van der Waals surface area contributed by atoms with Crippen LogP contribution in [0.4, 0.5) is 0 Å². The van der Waals surface area contributed by atoms with Crippen LogP contribution in [0.2, 0.25) is 0 Å². The van der Waals surface area contributed by atoms with Crippen LogP contribution < -0.4 is 11.2 Å². The summed E-state index contributed by atoms with van der Waals surface area (Å²) < 4.78 is 0. The molecule has 0 saturated heterocycles. The maximum atomic E-state index is 11.8. The summed E-state index contributed by atoms with van der Waals surface area (Å²) in [6.45, 7) is 2.96. The zero-order chi connectivity index (χ0) is 17.1. The van der Waals surface area contributed by atoms with Crippen LogP contribution >= 0.6 is 0 Å². The van der Waals surface area contributed by atoms with Crippen LogP contribution in [0, 0.1) is 11.8 Å². The summed E-state index contributed by atoms with van der Waals surface area (Å²) in [7, 11) is 1.78. The first-order valence-electron chi connectivity index (χ1n) is 7.89. The van der Waals surface area contributed by atoms with Crippen molar-refractivity contribution >= 4 is 12.2 Å². The van der Waals surface area contributed by atoms with E-state index in [1.54, 1.807) is 24.2 Å². The van der Waals surface area contributed by atoms with E-state index >= 15 is 0 Å². The highest BCUT2D eigenvalue weighted by Gasteiger charge is 2.11. The molecule has 0 fully saturated rings. The fraction of sp³-hybridized carbons (Fsp3) is 0.444. The van der Waals surface area contributed by atoms with E-state index in [9.17, 15) is 9.59 Å². The van der Waals surface area contributed by atoms with Gasteiger partial charge >= 0.3 is 0 Å². The van der Waals surface area contributed by atoms with Crippen molar-refractivity contribution < 1.29 is 9.59 Å². The first kappa shape index (κ1) is 18.9. The first-order valence-corrected chi connectivity index (χ1v) is 7.89. The highest BCUT2D eigenvalue weighted by atomic mass is 16.2. The molecule has 0 saturated carbocycles. The quantitative estimate of drug-likeness (QED) is 0.436. The van der Waals surface area contributed by atoms with Gasteiger partial charge in [-0.1, -0.05) is 37.3 Å². The van der Waals surface area contributed by atoms with Gasteiger partial charge in [0.25, 0.3) is 0 Å². The molecule has 0 bridgehead atoms. The molecule has 0 radical (unpaired) electrons. The summed E-state index contributed by atoms with van der Waals surface area (Å²) in [5, 5.41) is 1.69. The maximum Gasteiger partial charge on any atom is 0.234 e. The molecule has 5 nitrogen and oxygen atoms in total. The van der Waals surface area contributed by atoms with Gasteiger partial charge in [0.15, 0.2) is 0 Å². The number of hydrazine groups is 1. The van der Waals surface area contributed by atoms with Crippen LogP contribution in [0.3, 0.4) is 0 Å². The third-order valence-corrected chi connectivity index (χ3v) is 3.30. The second-order valence-electron chi connectivity index (χ2n) is 5.33.